The van der Waals surface area contributed by atoms with Crippen molar-refractivity contribution in [3.05, 3.63) is 36.0 Å². The van der Waals surface area contributed by atoms with E-state index in [2.05, 4.69) is 20.3 Å². The molecule has 0 aliphatic carbocycles. The minimum absolute atomic E-state index is 0.0187. The minimum atomic E-state index is -2.76. The molecule has 3 aromatic rings. The Kier molecular flexibility index (Phi) is 6.73. The van der Waals surface area contributed by atoms with Gasteiger partial charge in [-0.1, -0.05) is 0 Å². The van der Waals surface area contributed by atoms with Crippen LogP contribution < -0.4 is 14.8 Å². The number of halogens is 3. The Morgan fingerprint density at radius 1 is 1.29 bits per heavy atom. The van der Waals surface area contributed by atoms with E-state index in [1.807, 2.05) is 6.92 Å². The number of imidazole rings is 1. The maximum Gasteiger partial charge on any atom is 0.287 e. The zero-order valence-corrected chi connectivity index (χ0v) is 19.2. The fraction of sp³-hybridized carbons (Fsp3) is 0.429. The first kappa shape index (κ1) is 23.9. The van der Waals surface area contributed by atoms with E-state index in [0.29, 0.717) is 35.5 Å². The number of carbonyl (C=O) groups excluding carboxylic acids is 1. The van der Waals surface area contributed by atoms with Gasteiger partial charge in [-0.25, -0.2) is 23.1 Å². The van der Waals surface area contributed by atoms with Crippen LogP contribution in [0.5, 0.6) is 17.5 Å². The number of rotatable bonds is 7. The first-order valence-electron chi connectivity index (χ1n) is 10.4. The molecule has 0 spiro atoms. The van der Waals surface area contributed by atoms with E-state index in [1.165, 1.54) is 10.6 Å². The van der Waals surface area contributed by atoms with E-state index in [9.17, 15) is 22.2 Å². The van der Waals surface area contributed by atoms with Crippen molar-refractivity contribution < 1.29 is 31.6 Å². The third-order valence-electron chi connectivity index (χ3n) is 5.42. The molecule has 0 saturated carbocycles. The number of alkyl halides is 2. The monoisotopic (exact) mass is 497 g/mol. The van der Waals surface area contributed by atoms with Crippen LogP contribution in [0.3, 0.4) is 0 Å². The average molecular weight is 497 g/mol. The number of aromatic nitrogens is 4. The summed E-state index contributed by atoms with van der Waals surface area (Å²) in [5.74, 6) is -0.491. The van der Waals surface area contributed by atoms with Gasteiger partial charge in [-0.05, 0) is 25.8 Å². The molecule has 0 bridgehead atoms. The van der Waals surface area contributed by atoms with Crippen molar-refractivity contribution in [2.45, 2.75) is 31.7 Å². The predicted octanol–water partition coefficient (Wildman–Crippen LogP) is 2.97. The fourth-order valence-electron chi connectivity index (χ4n) is 3.51. The molecule has 34 heavy (non-hydrogen) atoms. The number of nitrogens with zero attached hydrogens (tertiary/aromatic N) is 4. The Balaban J connectivity index is 1.56. The van der Waals surface area contributed by atoms with Gasteiger partial charge in [-0.3, -0.25) is 9.00 Å². The zero-order valence-electron chi connectivity index (χ0n) is 18.4. The number of hydrogen-bond acceptors (Lipinski definition) is 7. The van der Waals surface area contributed by atoms with Crippen LogP contribution in [0.2, 0.25) is 0 Å². The Labute approximate surface area is 195 Å². The molecule has 3 aromatic heterocycles. The molecule has 182 valence electrons. The minimum Gasteiger partial charge on any atom is -0.482 e. The second-order valence-corrected chi connectivity index (χ2v) is 9.81. The number of fused-ring (bicyclic) bond motifs is 1. The highest BCUT2D eigenvalue weighted by atomic mass is 32.2. The summed E-state index contributed by atoms with van der Waals surface area (Å²) in [5.41, 5.74) is 0.277. The molecule has 4 heterocycles. The number of ether oxygens (including phenoxy) is 2. The lowest BCUT2D eigenvalue weighted by Gasteiger charge is -2.33. The topological polar surface area (TPSA) is 108 Å². The molecule has 4 rings (SSSR count). The summed E-state index contributed by atoms with van der Waals surface area (Å²) in [6, 6.07) is 3.91. The third kappa shape index (κ3) is 5.29. The highest BCUT2D eigenvalue weighted by Crippen LogP contribution is 2.30. The quantitative estimate of drug-likeness (QED) is 0.535. The summed E-state index contributed by atoms with van der Waals surface area (Å²) in [6.07, 6.45) is -0.697. The second kappa shape index (κ2) is 9.57. The Morgan fingerprint density at radius 3 is 2.74 bits per heavy atom. The van der Waals surface area contributed by atoms with Crippen molar-refractivity contribution in [3.8, 4) is 17.5 Å². The van der Waals surface area contributed by atoms with Gasteiger partial charge in [0.2, 0.25) is 11.7 Å². The Morgan fingerprint density at radius 2 is 2.03 bits per heavy atom. The lowest BCUT2D eigenvalue weighted by molar-refractivity contribution is 0.0801. The van der Waals surface area contributed by atoms with E-state index in [-0.39, 0.29) is 29.2 Å². The van der Waals surface area contributed by atoms with Gasteiger partial charge in [0, 0.05) is 47.0 Å². The molecule has 9 nitrogen and oxygen atoms in total. The van der Waals surface area contributed by atoms with Crippen LogP contribution in [0.15, 0.2) is 24.4 Å². The maximum atomic E-state index is 13.5. The molecular formula is C21H22F3N5O4S. The highest BCUT2D eigenvalue weighted by Gasteiger charge is 2.32. The lowest BCUT2D eigenvalue weighted by atomic mass is 9.95. The number of carbonyl (C=O) groups is 1. The molecule has 0 radical (unpaired) electrons. The number of pyridine rings is 2. The summed E-state index contributed by atoms with van der Waals surface area (Å²) >= 11 is 0. The number of amides is 1. The largest absolute Gasteiger partial charge is 0.482 e. The predicted molar refractivity (Wildman–Crippen MR) is 117 cm³/mol. The van der Waals surface area contributed by atoms with Crippen molar-refractivity contribution >= 4 is 27.9 Å². The summed E-state index contributed by atoms with van der Waals surface area (Å²) in [6.45, 7) is 0.959. The number of aryl methyl sites for hydroxylation is 1. The number of hydrogen-bond donors (Lipinski definition) is 1. The van der Waals surface area contributed by atoms with Crippen molar-refractivity contribution in [2.24, 2.45) is 7.05 Å². The zero-order chi connectivity index (χ0) is 24.5. The molecule has 0 aromatic carbocycles. The number of nitrogens with one attached hydrogen (secondary N) is 1. The summed E-state index contributed by atoms with van der Waals surface area (Å²) in [5, 5.41) is 2.99. The Hall–Kier alpha value is -3.22. The molecular weight excluding hydrogens is 475 g/mol. The van der Waals surface area contributed by atoms with E-state index in [1.54, 1.807) is 13.1 Å². The summed E-state index contributed by atoms with van der Waals surface area (Å²) < 4.78 is 62.1. The Bertz CT molecular complexity index is 1240. The van der Waals surface area contributed by atoms with E-state index in [0.717, 1.165) is 12.3 Å². The van der Waals surface area contributed by atoms with Gasteiger partial charge in [-0.2, -0.15) is 4.98 Å². The van der Waals surface area contributed by atoms with Crippen LogP contribution in [0.25, 0.3) is 11.2 Å². The van der Waals surface area contributed by atoms with E-state index in [4.69, 9.17) is 9.47 Å². The highest BCUT2D eigenvalue weighted by molar-refractivity contribution is 7.85. The van der Waals surface area contributed by atoms with Crippen molar-refractivity contribution in [2.75, 3.05) is 18.1 Å². The van der Waals surface area contributed by atoms with Crippen LogP contribution in [0, 0.1) is 5.82 Å². The lowest BCUT2D eigenvalue weighted by Crippen LogP contribution is -2.50. The van der Waals surface area contributed by atoms with E-state index >= 15 is 0 Å². The summed E-state index contributed by atoms with van der Waals surface area (Å²) in [4.78, 5) is 25.3. The van der Waals surface area contributed by atoms with Gasteiger partial charge in [0.25, 0.3) is 18.2 Å². The molecule has 0 unspecified atom stereocenters. The maximum absolute atomic E-state index is 13.5. The first-order chi connectivity index (χ1) is 16.1. The first-order valence-corrected chi connectivity index (χ1v) is 11.9. The molecule has 1 amide bonds. The van der Waals surface area contributed by atoms with Gasteiger partial charge in [-0.15, -0.1) is 0 Å². The van der Waals surface area contributed by atoms with Gasteiger partial charge in [0.15, 0.2) is 11.4 Å². The SMILES string of the molecule is Cn1c(C(=O)NC2(C)CCS(=O)CC2)nc2ccc(Oc3ncc(F)cc3OCC(F)F)nc21. The smallest absolute Gasteiger partial charge is 0.287 e. The molecule has 1 N–H and O–H groups in total. The van der Waals surface area contributed by atoms with Gasteiger partial charge in [0.05, 0.1) is 6.20 Å². The molecule has 0 atom stereocenters. The van der Waals surface area contributed by atoms with Crippen LogP contribution in [-0.2, 0) is 17.8 Å². The van der Waals surface area contributed by atoms with Gasteiger partial charge >= 0.3 is 0 Å². The second-order valence-electron chi connectivity index (χ2n) is 8.11. The molecule has 1 fully saturated rings. The normalized spacial score (nSPS) is 20.5. The third-order valence-corrected chi connectivity index (χ3v) is 6.74. The van der Waals surface area contributed by atoms with Crippen LogP contribution >= 0.6 is 0 Å². The van der Waals surface area contributed by atoms with Crippen LogP contribution in [-0.4, -0.2) is 59.7 Å². The van der Waals surface area contributed by atoms with Crippen molar-refractivity contribution in [1.82, 2.24) is 24.8 Å². The van der Waals surface area contributed by atoms with Gasteiger partial charge < -0.3 is 19.4 Å². The van der Waals surface area contributed by atoms with Crippen molar-refractivity contribution in [1.29, 1.82) is 0 Å². The average Bonchev–Trinajstić information content (AvgIpc) is 3.12. The standard InChI is InChI=1S/C21H22F3N5O4S/c1-21(5-7-34(31)8-6-21)28-19(30)18-26-13-3-4-16(27-17(13)29(18)2)33-20-14(32-11-15(23)24)9-12(22)10-25-20/h3-4,9-10,15H,5-8,11H2,1-2H3,(H,28,30). The van der Waals surface area contributed by atoms with Crippen LogP contribution in [0.4, 0.5) is 13.2 Å². The molecule has 1 aliphatic rings. The van der Waals surface area contributed by atoms with Crippen LogP contribution in [0.1, 0.15) is 30.4 Å². The van der Waals surface area contributed by atoms with Crippen molar-refractivity contribution in [3.63, 3.8) is 0 Å². The molecule has 13 heteroatoms. The summed E-state index contributed by atoms with van der Waals surface area (Å²) in [7, 11) is 0.760. The van der Waals surface area contributed by atoms with E-state index < -0.39 is 35.2 Å². The molecule has 1 aliphatic heterocycles. The fourth-order valence-corrected chi connectivity index (χ4v) is 5.07. The van der Waals surface area contributed by atoms with Gasteiger partial charge in [0.1, 0.15) is 17.9 Å². The molecule has 1 saturated heterocycles.